The highest BCUT2D eigenvalue weighted by atomic mass is 127. The molecule has 0 radical (unpaired) electrons. The fourth-order valence-electron chi connectivity index (χ4n) is 1.51. The van der Waals surface area contributed by atoms with Crippen molar-refractivity contribution in [3.8, 4) is 5.75 Å². The van der Waals surface area contributed by atoms with Crippen molar-refractivity contribution in [3.05, 3.63) is 68.3 Å². The number of halogens is 2. The van der Waals surface area contributed by atoms with E-state index < -0.39 is 0 Å². The molecule has 2 aromatic carbocycles. The van der Waals surface area contributed by atoms with E-state index in [4.69, 9.17) is 11.6 Å². The van der Waals surface area contributed by atoms with E-state index in [1.165, 1.54) is 12.1 Å². The Morgan fingerprint density at radius 3 is 2.47 bits per heavy atom. The number of aromatic hydroxyl groups is 1. The first-order chi connectivity index (χ1) is 9.06. The highest BCUT2D eigenvalue weighted by molar-refractivity contribution is 14.1. The minimum Gasteiger partial charge on any atom is -0.506 e. The van der Waals surface area contributed by atoms with Gasteiger partial charge in [-0.2, -0.15) is 0 Å². The van der Waals surface area contributed by atoms with Gasteiger partial charge in [0.2, 0.25) is 0 Å². The summed E-state index contributed by atoms with van der Waals surface area (Å²) in [6.07, 6.45) is 3.16. The van der Waals surface area contributed by atoms with Gasteiger partial charge in [-0.05, 0) is 58.5 Å². The molecule has 0 unspecified atom stereocenters. The van der Waals surface area contributed by atoms with Gasteiger partial charge in [-0.25, -0.2) is 0 Å². The van der Waals surface area contributed by atoms with Crippen molar-refractivity contribution in [2.75, 3.05) is 0 Å². The maximum atomic E-state index is 11.9. The molecular formula is C15H10ClIO2. The molecule has 19 heavy (non-hydrogen) atoms. The third-order valence-corrected chi connectivity index (χ3v) is 3.55. The van der Waals surface area contributed by atoms with E-state index in [2.05, 4.69) is 22.6 Å². The Balaban J connectivity index is 2.15. The summed E-state index contributed by atoms with van der Waals surface area (Å²) in [6, 6.07) is 12.2. The number of carbonyl (C=O) groups is 1. The Morgan fingerprint density at radius 2 is 1.84 bits per heavy atom. The van der Waals surface area contributed by atoms with Gasteiger partial charge in [0.05, 0.1) is 5.02 Å². The Kier molecular flexibility index (Phi) is 4.61. The van der Waals surface area contributed by atoms with Crippen LogP contribution in [0.1, 0.15) is 15.9 Å². The zero-order valence-electron chi connectivity index (χ0n) is 9.81. The molecule has 0 atom stereocenters. The van der Waals surface area contributed by atoms with Crippen LogP contribution in [0.25, 0.3) is 6.08 Å². The molecule has 0 heterocycles. The predicted molar refractivity (Wildman–Crippen MR) is 85.6 cm³/mol. The van der Waals surface area contributed by atoms with Gasteiger partial charge >= 0.3 is 0 Å². The number of benzene rings is 2. The molecule has 96 valence electrons. The Hall–Kier alpha value is -1.33. The minimum absolute atomic E-state index is 0.0303. The summed E-state index contributed by atoms with van der Waals surface area (Å²) in [5, 5.41) is 9.57. The van der Waals surface area contributed by atoms with Crippen LogP contribution in [-0.4, -0.2) is 10.9 Å². The first-order valence-electron chi connectivity index (χ1n) is 5.53. The van der Waals surface area contributed by atoms with Crippen LogP contribution in [0.2, 0.25) is 5.02 Å². The SMILES string of the molecule is O=C(/C=C/c1ccc(O)c(Cl)c1)c1ccc(I)cc1. The second kappa shape index (κ2) is 6.21. The van der Waals surface area contributed by atoms with Crippen LogP contribution >= 0.6 is 34.2 Å². The number of phenolic OH excluding ortho intramolecular Hbond substituents is 1. The number of hydrogen-bond acceptors (Lipinski definition) is 2. The number of ketones is 1. The highest BCUT2D eigenvalue weighted by Crippen LogP contribution is 2.24. The summed E-state index contributed by atoms with van der Waals surface area (Å²) in [4.78, 5) is 11.9. The molecule has 0 saturated heterocycles. The maximum absolute atomic E-state index is 11.9. The molecule has 0 aliphatic rings. The molecule has 0 aromatic heterocycles. The van der Waals surface area contributed by atoms with Crippen molar-refractivity contribution in [2.24, 2.45) is 0 Å². The number of hydrogen-bond donors (Lipinski definition) is 1. The quantitative estimate of drug-likeness (QED) is 0.479. The monoisotopic (exact) mass is 384 g/mol. The van der Waals surface area contributed by atoms with Gasteiger partial charge in [0.25, 0.3) is 0 Å². The smallest absolute Gasteiger partial charge is 0.185 e. The summed E-state index contributed by atoms with van der Waals surface area (Å²) >= 11 is 7.98. The molecular weight excluding hydrogens is 375 g/mol. The molecule has 0 spiro atoms. The summed E-state index contributed by atoms with van der Waals surface area (Å²) in [6.45, 7) is 0. The van der Waals surface area contributed by atoms with E-state index in [0.29, 0.717) is 5.56 Å². The topological polar surface area (TPSA) is 37.3 Å². The number of carbonyl (C=O) groups excluding carboxylic acids is 1. The molecule has 1 N–H and O–H groups in total. The lowest BCUT2D eigenvalue weighted by Crippen LogP contribution is -1.93. The third-order valence-electron chi connectivity index (χ3n) is 2.53. The average molecular weight is 385 g/mol. The van der Waals surface area contributed by atoms with Crippen LogP contribution in [0.3, 0.4) is 0 Å². The normalized spacial score (nSPS) is 10.8. The first-order valence-corrected chi connectivity index (χ1v) is 6.98. The van der Waals surface area contributed by atoms with Crippen molar-refractivity contribution in [1.29, 1.82) is 0 Å². The van der Waals surface area contributed by atoms with Gasteiger partial charge < -0.3 is 5.11 Å². The highest BCUT2D eigenvalue weighted by Gasteiger charge is 2.02. The average Bonchev–Trinajstić information content (AvgIpc) is 2.40. The van der Waals surface area contributed by atoms with Crippen LogP contribution < -0.4 is 0 Å². The third kappa shape index (κ3) is 3.81. The standard InChI is InChI=1S/C15H10ClIO2/c16-13-9-10(2-8-15(13)19)1-7-14(18)11-3-5-12(17)6-4-11/h1-9,19H/b7-1+. The summed E-state index contributed by atoms with van der Waals surface area (Å²) < 4.78 is 1.09. The minimum atomic E-state index is -0.0689. The van der Waals surface area contributed by atoms with Crippen LogP contribution in [0, 0.1) is 3.57 Å². The van der Waals surface area contributed by atoms with E-state index in [1.54, 1.807) is 30.3 Å². The number of phenols is 1. The Labute approximate surface area is 129 Å². The molecule has 0 aliphatic heterocycles. The Bertz CT molecular complexity index is 633. The molecule has 0 fully saturated rings. The second-order valence-electron chi connectivity index (χ2n) is 3.92. The largest absolute Gasteiger partial charge is 0.506 e. The van der Waals surface area contributed by atoms with Gasteiger partial charge in [-0.15, -0.1) is 0 Å². The van der Waals surface area contributed by atoms with E-state index in [0.717, 1.165) is 9.13 Å². The molecule has 2 rings (SSSR count). The van der Waals surface area contributed by atoms with E-state index >= 15 is 0 Å². The van der Waals surface area contributed by atoms with Crippen molar-refractivity contribution >= 4 is 46.1 Å². The summed E-state index contributed by atoms with van der Waals surface area (Å²) in [5.41, 5.74) is 1.41. The van der Waals surface area contributed by atoms with Crippen LogP contribution in [-0.2, 0) is 0 Å². The number of rotatable bonds is 3. The lowest BCUT2D eigenvalue weighted by atomic mass is 10.1. The fraction of sp³-hybridized carbons (Fsp3) is 0. The molecule has 0 amide bonds. The van der Waals surface area contributed by atoms with Crippen molar-refractivity contribution in [2.45, 2.75) is 0 Å². The van der Waals surface area contributed by atoms with Gasteiger partial charge in [-0.1, -0.05) is 35.9 Å². The molecule has 0 saturated carbocycles. The molecule has 2 aromatic rings. The Morgan fingerprint density at radius 1 is 1.16 bits per heavy atom. The molecule has 0 aliphatic carbocycles. The van der Waals surface area contributed by atoms with Crippen LogP contribution in [0.4, 0.5) is 0 Å². The van der Waals surface area contributed by atoms with Gasteiger partial charge in [0.15, 0.2) is 5.78 Å². The van der Waals surface area contributed by atoms with E-state index in [-0.39, 0.29) is 16.6 Å². The van der Waals surface area contributed by atoms with Crippen LogP contribution in [0.15, 0.2) is 48.5 Å². The van der Waals surface area contributed by atoms with Gasteiger partial charge in [0, 0.05) is 9.13 Å². The fourth-order valence-corrected chi connectivity index (χ4v) is 2.06. The first kappa shape index (κ1) is 14.1. The van der Waals surface area contributed by atoms with Crippen molar-refractivity contribution in [3.63, 3.8) is 0 Å². The second-order valence-corrected chi connectivity index (χ2v) is 5.57. The molecule has 2 nitrogen and oxygen atoms in total. The summed E-state index contributed by atoms with van der Waals surface area (Å²) in [5.74, 6) is -0.0385. The van der Waals surface area contributed by atoms with E-state index in [1.807, 2.05) is 12.1 Å². The zero-order valence-corrected chi connectivity index (χ0v) is 12.7. The zero-order chi connectivity index (χ0) is 13.8. The summed E-state index contributed by atoms with van der Waals surface area (Å²) in [7, 11) is 0. The lowest BCUT2D eigenvalue weighted by Gasteiger charge is -1.98. The van der Waals surface area contributed by atoms with Crippen molar-refractivity contribution < 1.29 is 9.90 Å². The molecule has 4 heteroatoms. The van der Waals surface area contributed by atoms with Gasteiger partial charge in [0.1, 0.15) is 5.75 Å². The van der Waals surface area contributed by atoms with E-state index in [9.17, 15) is 9.90 Å². The van der Waals surface area contributed by atoms with Gasteiger partial charge in [-0.3, -0.25) is 4.79 Å². The van der Waals surface area contributed by atoms with Crippen molar-refractivity contribution in [1.82, 2.24) is 0 Å². The lowest BCUT2D eigenvalue weighted by molar-refractivity contribution is 0.104. The molecule has 0 bridgehead atoms. The number of allylic oxidation sites excluding steroid dienone is 1. The van der Waals surface area contributed by atoms with Crippen LogP contribution in [0.5, 0.6) is 5.75 Å². The maximum Gasteiger partial charge on any atom is 0.185 e. The predicted octanol–water partition coefficient (Wildman–Crippen LogP) is 4.55.